The third-order valence-electron chi connectivity index (χ3n) is 11.0. The lowest BCUT2D eigenvalue weighted by Gasteiger charge is -2.29. The molecule has 5 atom stereocenters. The number of para-hydroxylation sites is 1. The van der Waals surface area contributed by atoms with Crippen LogP contribution in [-0.4, -0.2) is 87.4 Å². The molecule has 4 heterocycles. The maximum Gasteiger partial charge on any atom is 0.272 e. The zero-order chi connectivity index (χ0) is 38.3. The van der Waals surface area contributed by atoms with Crippen LogP contribution in [0.5, 0.6) is 5.88 Å². The number of pyridine rings is 1. The first-order valence-electron chi connectivity index (χ1n) is 18.9. The number of amides is 4. The molecule has 2 aliphatic heterocycles. The highest BCUT2D eigenvalue weighted by Gasteiger charge is 2.62. The fraction of sp³-hybridized carbons (Fsp3) is 0.425. The van der Waals surface area contributed by atoms with Crippen LogP contribution < -0.4 is 20.1 Å². The second kappa shape index (κ2) is 14.7. The van der Waals surface area contributed by atoms with Crippen molar-refractivity contribution in [3.05, 3.63) is 84.5 Å². The van der Waals surface area contributed by atoms with Crippen LogP contribution >= 0.6 is 0 Å². The topological polar surface area (TPSA) is 190 Å². The van der Waals surface area contributed by atoms with E-state index in [9.17, 15) is 27.6 Å². The fourth-order valence-corrected chi connectivity index (χ4v) is 9.07. The number of aryl methyl sites for hydroxylation is 1. The van der Waals surface area contributed by atoms with Gasteiger partial charge in [-0.2, -0.15) is 0 Å². The van der Waals surface area contributed by atoms with E-state index in [0.717, 1.165) is 34.5 Å². The largest absolute Gasteiger partial charge is 0.472 e. The van der Waals surface area contributed by atoms with E-state index in [4.69, 9.17) is 9.72 Å². The van der Waals surface area contributed by atoms with Gasteiger partial charge >= 0.3 is 0 Å². The number of sulfonamides is 1. The summed E-state index contributed by atoms with van der Waals surface area (Å²) in [6, 6.07) is 13.3. The van der Waals surface area contributed by atoms with E-state index in [1.54, 1.807) is 6.92 Å². The molecule has 2 aromatic carbocycles. The minimum Gasteiger partial charge on any atom is -0.472 e. The third-order valence-corrected chi connectivity index (χ3v) is 12.8. The molecule has 3 fully saturated rings. The van der Waals surface area contributed by atoms with Crippen LogP contribution in [0.3, 0.4) is 0 Å². The van der Waals surface area contributed by atoms with Gasteiger partial charge in [0, 0.05) is 29.3 Å². The van der Waals surface area contributed by atoms with Crippen LogP contribution in [0.1, 0.15) is 74.0 Å². The molecular weight excluding hydrogens is 723 g/mol. The zero-order valence-corrected chi connectivity index (χ0v) is 31.3. The lowest BCUT2D eigenvalue weighted by molar-refractivity contribution is -0.141. The highest BCUT2D eigenvalue weighted by Crippen LogP contribution is 2.46. The van der Waals surface area contributed by atoms with Gasteiger partial charge in [0.1, 0.15) is 29.4 Å². The molecule has 2 aromatic heterocycles. The Hall–Kier alpha value is -5.44. The van der Waals surface area contributed by atoms with E-state index in [1.807, 2.05) is 60.7 Å². The fourth-order valence-electron chi connectivity index (χ4n) is 7.71. The summed E-state index contributed by atoms with van der Waals surface area (Å²) in [5, 5.41) is 7.79. The molecule has 4 aromatic rings. The van der Waals surface area contributed by atoms with Crippen molar-refractivity contribution in [2.75, 3.05) is 6.54 Å². The molecule has 2 aliphatic carbocycles. The summed E-state index contributed by atoms with van der Waals surface area (Å²) < 4.78 is 34.6. The van der Waals surface area contributed by atoms with E-state index in [-0.39, 0.29) is 25.1 Å². The lowest BCUT2D eigenvalue weighted by atomic mass is 10.0. The van der Waals surface area contributed by atoms with Crippen molar-refractivity contribution < 1.29 is 32.3 Å². The highest BCUT2D eigenvalue weighted by atomic mass is 32.2. The maximum absolute atomic E-state index is 14.6. The Morgan fingerprint density at radius 2 is 1.71 bits per heavy atom. The Morgan fingerprint density at radius 3 is 2.47 bits per heavy atom. The SMILES string of the molecule is Cc1cnc(C(=O)NC2CCCCCC=C[C@@H]3C[C@@]3(C(=O)NS(=O)(=O)C3CC3)NC(=O)[C@H]3CC(Oc4nc5ccccc5c5ccccc45)CN3C2=O)cn1. The minimum absolute atomic E-state index is 0.00491. The number of nitrogens with zero attached hydrogens (tertiary/aromatic N) is 4. The van der Waals surface area contributed by atoms with Crippen molar-refractivity contribution in [1.29, 1.82) is 0 Å². The second-order valence-corrected chi connectivity index (χ2v) is 17.0. The van der Waals surface area contributed by atoms with E-state index < -0.39 is 68.5 Å². The van der Waals surface area contributed by atoms with Gasteiger partial charge < -0.3 is 20.3 Å². The normalized spacial score (nSPS) is 25.9. The molecule has 2 unspecified atom stereocenters. The third kappa shape index (κ3) is 7.49. The Kier molecular flexibility index (Phi) is 9.74. The number of hydrogen-bond donors (Lipinski definition) is 3. The molecule has 4 aliphatic rings. The first-order valence-corrected chi connectivity index (χ1v) is 20.5. The molecule has 0 bridgehead atoms. The molecule has 286 valence electrons. The number of fused-ring (bicyclic) bond motifs is 5. The van der Waals surface area contributed by atoms with Gasteiger partial charge in [0.05, 0.1) is 29.2 Å². The second-order valence-electron chi connectivity index (χ2n) is 15.0. The Labute approximate surface area is 318 Å². The summed E-state index contributed by atoms with van der Waals surface area (Å²) in [5.74, 6) is -2.52. The smallest absolute Gasteiger partial charge is 0.272 e. The van der Waals surface area contributed by atoms with Gasteiger partial charge in [-0.05, 0) is 63.0 Å². The summed E-state index contributed by atoms with van der Waals surface area (Å²) in [7, 11) is -3.89. The first kappa shape index (κ1) is 36.5. The van der Waals surface area contributed by atoms with Gasteiger partial charge in [-0.25, -0.2) is 18.4 Å². The van der Waals surface area contributed by atoms with Crippen LogP contribution in [0.2, 0.25) is 0 Å². The molecule has 1 saturated heterocycles. The van der Waals surface area contributed by atoms with E-state index in [2.05, 4.69) is 25.3 Å². The molecule has 0 spiro atoms. The van der Waals surface area contributed by atoms with Crippen LogP contribution in [0.4, 0.5) is 0 Å². The van der Waals surface area contributed by atoms with Crippen molar-refractivity contribution in [3.63, 3.8) is 0 Å². The predicted octanol–water partition coefficient (Wildman–Crippen LogP) is 3.64. The van der Waals surface area contributed by atoms with Gasteiger partial charge in [-0.1, -0.05) is 61.4 Å². The number of carbonyl (C=O) groups is 4. The van der Waals surface area contributed by atoms with Gasteiger partial charge in [0.2, 0.25) is 27.7 Å². The number of benzene rings is 2. The van der Waals surface area contributed by atoms with Crippen LogP contribution in [0.25, 0.3) is 21.7 Å². The van der Waals surface area contributed by atoms with Gasteiger partial charge in [0.25, 0.3) is 11.8 Å². The molecule has 2 saturated carbocycles. The standard InChI is InChI=1S/C40H43N7O7S/c1-24-21-42-33(22-41-24)35(48)43-32-16-6-4-2-3-5-11-25-20-40(25,39(51)46-55(52,53)27-17-18-27)45-36(49)34-19-26(23-47(34)38(32)50)54-37-30-14-8-7-12-28(30)29-13-9-10-15-31(29)44-37/h5,7-15,21-22,25-27,32,34H,2-4,6,16-20,23H2,1H3,(H,43,48)(H,45,49)(H,46,51)/t25-,26?,32?,34-,40-/m1/s1. The maximum atomic E-state index is 14.6. The monoisotopic (exact) mass is 765 g/mol. The van der Waals surface area contributed by atoms with Gasteiger partial charge in [0.15, 0.2) is 0 Å². The summed E-state index contributed by atoms with van der Waals surface area (Å²) in [4.78, 5) is 70.9. The predicted molar refractivity (Wildman–Crippen MR) is 203 cm³/mol. The molecule has 3 N–H and O–H groups in total. The number of rotatable bonds is 7. The average Bonchev–Trinajstić information content (AvgIpc) is 4.11. The quantitative estimate of drug-likeness (QED) is 0.185. The number of hydrogen-bond acceptors (Lipinski definition) is 10. The number of allylic oxidation sites excluding steroid dienone is 1. The first-order chi connectivity index (χ1) is 26.5. The van der Waals surface area contributed by atoms with Crippen molar-refractivity contribution in [1.82, 2.24) is 35.2 Å². The van der Waals surface area contributed by atoms with Crippen molar-refractivity contribution in [2.45, 2.75) is 93.7 Å². The summed E-state index contributed by atoms with van der Waals surface area (Å²) >= 11 is 0. The van der Waals surface area contributed by atoms with Crippen LogP contribution in [0, 0.1) is 12.8 Å². The number of carbonyl (C=O) groups excluding carboxylic acids is 4. The zero-order valence-electron chi connectivity index (χ0n) is 30.4. The summed E-state index contributed by atoms with van der Waals surface area (Å²) in [5.41, 5.74) is -0.0889. The molecular formula is C40H43N7O7S. The summed E-state index contributed by atoms with van der Waals surface area (Å²) in [6.07, 6.45) is 10.4. The summed E-state index contributed by atoms with van der Waals surface area (Å²) in [6.45, 7) is 1.75. The van der Waals surface area contributed by atoms with Gasteiger partial charge in [-0.3, -0.25) is 28.9 Å². The molecule has 8 rings (SSSR count). The molecule has 14 nitrogen and oxygen atoms in total. The Bertz CT molecular complexity index is 2310. The number of ether oxygens (including phenoxy) is 1. The van der Waals surface area contributed by atoms with Crippen molar-refractivity contribution >= 4 is 55.3 Å². The number of aromatic nitrogens is 3. The molecule has 15 heteroatoms. The molecule has 4 amide bonds. The lowest BCUT2D eigenvalue weighted by Crippen LogP contribution is -2.58. The van der Waals surface area contributed by atoms with Gasteiger partial charge in [-0.15, -0.1) is 0 Å². The molecule has 55 heavy (non-hydrogen) atoms. The van der Waals surface area contributed by atoms with E-state index in [1.165, 1.54) is 17.3 Å². The van der Waals surface area contributed by atoms with E-state index in [0.29, 0.717) is 43.7 Å². The van der Waals surface area contributed by atoms with Crippen molar-refractivity contribution in [3.8, 4) is 5.88 Å². The minimum atomic E-state index is -3.89. The molecule has 0 radical (unpaired) electrons. The highest BCUT2D eigenvalue weighted by molar-refractivity contribution is 7.91. The van der Waals surface area contributed by atoms with Crippen LogP contribution in [-0.2, 0) is 24.4 Å². The van der Waals surface area contributed by atoms with Crippen LogP contribution in [0.15, 0.2) is 73.1 Å². The Balaban J connectivity index is 1.12. The Morgan fingerprint density at radius 1 is 0.945 bits per heavy atom. The van der Waals surface area contributed by atoms with Crippen molar-refractivity contribution in [2.24, 2.45) is 5.92 Å². The average molecular weight is 766 g/mol. The van der Waals surface area contributed by atoms with E-state index >= 15 is 0 Å². The number of nitrogens with one attached hydrogen (secondary N) is 3.